The molecule has 0 radical (unpaired) electrons. The van der Waals surface area contributed by atoms with Gasteiger partial charge in [-0.15, -0.1) is 10.2 Å². The fourth-order valence-electron chi connectivity index (χ4n) is 2.93. The number of anilines is 1. The first kappa shape index (κ1) is 15.2. The Labute approximate surface area is 131 Å². The molecule has 0 amide bonds. The maximum Gasteiger partial charge on any atom is 0.228 e. The van der Waals surface area contributed by atoms with E-state index < -0.39 is 0 Å². The van der Waals surface area contributed by atoms with E-state index in [2.05, 4.69) is 33.5 Å². The molecule has 1 aromatic heterocycles. The van der Waals surface area contributed by atoms with Crippen LogP contribution >= 0.6 is 11.8 Å². The van der Waals surface area contributed by atoms with E-state index in [4.69, 9.17) is 4.74 Å². The molecule has 0 aliphatic carbocycles. The second-order valence-corrected chi connectivity index (χ2v) is 7.41. The summed E-state index contributed by atoms with van der Waals surface area (Å²) in [5.74, 6) is 2.80. The molecule has 21 heavy (non-hydrogen) atoms. The minimum Gasteiger partial charge on any atom is -0.376 e. The number of ether oxygens (including phenoxy) is 1. The molecule has 5 nitrogen and oxygen atoms in total. The van der Waals surface area contributed by atoms with Crippen molar-refractivity contribution in [2.75, 3.05) is 30.3 Å². The van der Waals surface area contributed by atoms with Crippen LogP contribution in [0.1, 0.15) is 39.5 Å². The summed E-state index contributed by atoms with van der Waals surface area (Å²) in [7, 11) is 0. The van der Waals surface area contributed by atoms with Crippen molar-refractivity contribution in [3.05, 3.63) is 0 Å². The van der Waals surface area contributed by atoms with Gasteiger partial charge in [0.25, 0.3) is 0 Å². The van der Waals surface area contributed by atoms with Gasteiger partial charge in [0.15, 0.2) is 5.16 Å². The Morgan fingerprint density at radius 1 is 1.24 bits per heavy atom. The summed E-state index contributed by atoms with van der Waals surface area (Å²) >= 11 is 1.83. The highest BCUT2D eigenvalue weighted by Crippen LogP contribution is 2.27. The third-order valence-electron chi connectivity index (χ3n) is 4.04. The van der Waals surface area contributed by atoms with Gasteiger partial charge in [0.05, 0.1) is 12.6 Å². The van der Waals surface area contributed by atoms with Gasteiger partial charge >= 0.3 is 0 Å². The Morgan fingerprint density at radius 3 is 2.71 bits per heavy atom. The Hall–Kier alpha value is -0.750. The van der Waals surface area contributed by atoms with Crippen LogP contribution in [0.2, 0.25) is 0 Å². The van der Waals surface area contributed by atoms with Crippen LogP contribution in [0.25, 0.3) is 0 Å². The van der Waals surface area contributed by atoms with Crippen molar-refractivity contribution in [2.24, 2.45) is 5.92 Å². The molecule has 0 aromatic carbocycles. The molecular formula is C15H26N4OS. The number of nitrogens with zero attached hydrogens (tertiary/aromatic N) is 4. The lowest BCUT2D eigenvalue weighted by Crippen LogP contribution is -2.25. The number of rotatable bonds is 6. The Balaban J connectivity index is 1.77. The van der Waals surface area contributed by atoms with Gasteiger partial charge in [0.2, 0.25) is 5.95 Å². The second-order valence-electron chi connectivity index (χ2n) is 6.43. The fraction of sp³-hybridized carbons (Fsp3) is 0.867. The molecule has 1 unspecified atom stereocenters. The maximum atomic E-state index is 5.82. The Morgan fingerprint density at radius 2 is 2.05 bits per heavy atom. The van der Waals surface area contributed by atoms with Crippen LogP contribution in [-0.4, -0.2) is 46.3 Å². The van der Waals surface area contributed by atoms with Crippen LogP contribution in [0.5, 0.6) is 0 Å². The van der Waals surface area contributed by atoms with Gasteiger partial charge in [-0.25, -0.2) is 0 Å². The zero-order valence-electron chi connectivity index (χ0n) is 13.1. The van der Waals surface area contributed by atoms with E-state index in [9.17, 15) is 0 Å². The molecule has 0 N–H and O–H groups in total. The lowest BCUT2D eigenvalue weighted by Gasteiger charge is -2.20. The zero-order chi connectivity index (χ0) is 14.7. The summed E-state index contributed by atoms with van der Waals surface area (Å²) in [5, 5.41) is 9.99. The molecule has 0 saturated carbocycles. The van der Waals surface area contributed by atoms with Gasteiger partial charge in [0.1, 0.15) is 0 Å². The van der Waals surface area contributed by atoms with Gasteiger partial charge < -0.3 is 9.64 Å². The van der Waals surface area contributed by atoms with Crippen molar-refractivity contribution in [1.82, 2.24) is 14.8 Å². The Kier molecular flexibility index (Phi) is 5.06. The first-order valence-electron chi connectivity index (χ1n) is 8.16. The van der Waals surface area contributed by atoms with E-state index in [0.29, 0.717) is 12.0 Å². The largest absolute Gasteiger partial charge is 0.376 e. The minimum absolute atomic E-state index is 0.334. The van der Waals surface area contributed by atoms with Crippen LogP contribution in [0, 0.1) is 5.92 Å². The molecular weight excluding hydrogens is 284 g/mol. The van der Waals surface area contributed by atoms with E-state index in [0.717, 1.165) is 49.5 Å². The van der Waals surface area contributed by atoms with Crippen LogP contribution < -0.4 is 4.90 Å². The molecule has 3 rings (SSSR count). The van der Waals surface area contributed by atoms with Gasteiger partial charge in [-0.2, -0.15) is 0 Å². The summed E-state index contributed by atoms with van der Waals surface area (Å²) in [5.41, 5.74) is 0. The van der Waals surface area contributed by atoms with Gasteiger partial charge in [0, 0.05) is 25.4 Å². The number of thioether (sulfide) groups is 1. The second kappa shape index (κ2) is 7.01. The predicted molar refractivity (Wildman–Crippen MR) is 86.0 cm³/mol. The quantitative estimate of drug-likeness (QED) is 0.756. The zero-order valence-corrected chi connectivity index (χ0v) is 13.9. The van der Waals surface area contributed by atoms with Crippen molar-refractivity contribution in [1.29, 1.82) is 0 Å². The number of hydrogen-bond acceptors (Lipinski definition) is 5. The maximum absolute atomic E-state index is 5.82. The molecule has 2 aliphatic heterocycles. The number of hydrogen-bond donors (Lipinski definition) is 0. The molecule has 3 heterocycles. The molecule has 6 heteroatoms. The highest BCUT2D eigenvalue weighted by molar-refractivity contribution is 7.99. The lowest BCUT2D eigenvalue weighted by molar-refractivity contribution is 0.0952. The van der Waals surface area contributed by atoms with Gasteiger partial charge in [-0.1, -0.05) is 25.6 Å². The highest BCUT2D eigenvalue weighted by atomic mass is 32.2. The first-order chi connectivity index (χ1) is 10.2. The molecule has 118 valence electrons. The minimum atomic E-state index is 0.334. The summed E-state index contributed by atoms with van der Waals surface area (Å²) in [6.07, 6.45) is 5.20. The third kappa shape index (κ3) is 3.72. The van der Waals surface area contributed by atoms with Crippen molar-refractivity contribution in [3.63, 3.8) is 0 Å². The fourth-order valence-corrected chi connectivity index (χ4v) is 3.82. The molecule has 0 spiro atoms. The highest BCUT2D eigenvalue weighted by Gasteiger charge is 2.25. The predicted octanol–water partition coefficient (Wildman–Crippen LogP) is 2.81. The third-order valence-corrected chi connectivity index (χ3v) is 5.44. The normalized spacial score (nSPS) is 22.6. The molecule has 1 atom stereocenters. The molecule has 1 aromatic rings. The van der Waals surface area contributed by atoms with E-state index in [-0.39, 0.29) is 0 Å². The topological polar surface area (TPSA) is 43.2 Å². The van der Waals surface area contributed by atoms with Crippen molar-refractivity contribution in [3.8, 4) is 0 Å². The molecule has 2 fully saturated rings. The molecule has 2 aliphatic rings. The lowest BCUT2D eigenvalue weighted by atomic mass is 10.2. The average molecular weight is 310 g/mol. The first-order valence-corrected chi connectivity index (χ1v) is 9.15. The van der Waals surface area contributed by atoms with Crippen molar-refractivity contribution in [2.45, 2.75) is 57.3 Å². The molecule has 0 bridgehead atoms. The standard InChI is InChI=1S/C15H26N4OS/c1-12(2)11-21-15-17-16-14(18-7-3-4-8-18)19(15)10-13-6-5-9-20-13/h12-13H,3-11H2,1-2H3. The summed E-state index contributed by atoms with van der Waals surface area (Å²) < 4.78 is 8.12. The van der Waals surface area contributed by atoms with Crippen molar-refractivity contribution < 1.29 is 4.74 Å². The van der Waals surface area contributed by atoms with Crippen LogP contribution in [-0.2, 0) is 11.3 Å². The monoisotopic (exact) mass is 310 g/mol. The summed E-state index contributed by atoms with van der Waals surface area (Å²) in [6.45, 7) is 8.51. The van der Waals surface area contributed by atoms with E-state index >= 15 is 0 Å². The van der Waals surface area contributed by atoms with Crippen LogP contribution in [0.3, 0.4) is 0 Å². The van der Waals surface area contributed by atoms with Crippen LogP contribution in [0.4, 0.5) is 5.95 Å². The smallest absolute Gasteiger partial charge is 0.228 e. The molecule has 2 saturated heterocycles. The van der Waals surface area contributed by atoms with Crippen molar-refractivity contribution >= 4 is 17.7 Å². The van der Waals surface area contributed by atoms with Gasteiger partial charge in [-0.3, -0.25) is 4.57 Å². The Bertz CT molecular complexity index is 451. The van der Waals surface area contributed by atoms with Crippen LogP contribution in [0.15, 0.2) is 5.16 Å². The summed E-state index contributed by atoms with van der Waals surface area (Å²) in [6, 6.07) is 0. The van der Waals surface area contributed by atoms with E-state index in [1.54, 1.807) is 0 Å². The average Bonchev–Trinajstić information content (AvgIpc) is 3.18. The van der Waals surface area contributed by atoms with E-state index in [1.807, 2.05) is 11.8 Å². The number of aromatic nitrogens is 3. The summed E-state index contributed by atoms with van der Waals surface area (Å²) in [4.78, 5) is 2.38. The SMILES string of the molecule is CC(C)CSc1nnc(N2CCCC2)n1CC1CCCO1. The van der Waals surface area contributed by atoms with Gasteiger partial charge in [-0.05, 0) is 31.6 Å². The van der Waals surface area contributed by atoms with E-state index in [1.165, 1.54) is 19.3 Å².